The molecule has 0 amide bonds. The van der Waals surface area contributed by atoms with Gasteiger partial charge in [0.2, 0.25) is 0 Å². The fourth-order valence-electron chi connectivity index (χ4n) is 1.60. The van der Waals surface area contributed by atoms with E-state index in [2.05, 4.69) is 25.8 Å². The summed E-state index contributed by atoms with van der Waals surface area (Å²) in [5.74, 6) is 0. The fraction of sp³-hybridized carbons (Fsp3) is 0.923. The molecule has 0 saturated carbocycles. The van der Waals surface area contributed by atoms with Crippen molar-refractivity contribution in [1.29, 1.82) is 0 Å². The van der Waals surface area contributed by atoms with E-state index in [0.29, 0.717) is 0 Å². The summed E-state index contributed by atoms with van der Waals surface area (Å²) in [5, 5.41) is 0. The molecular formula is C13H27N. The molecule has 0 bridgehead atoms. The molecule has 0 aliphatic heterocycles. The molecule has 0 heterocycles. The first-order valence-corrected chi connectivity index (χ1v) is 6.31. The Morgan fingerprint density at radius 1 is 0.857 bits per heavy atom. The highest BCUT2D eigenvalue weighted by atomic mass is 14.7. The highest BCUT2D eigenvalue weighted by molar-refractivity contribution is 5.81. The van der Waals surface area contributed by atoms with Crippen LogP contribution in [0, 0.1) is 0 Å². The van der Waals surface area contributed by atoms with E-state index in [1.165, 1.54) is 57.1 Å². The van der Waals surface area contributed by atoms with Gasteiger partial charge in [-0.15, -0.1) is 0 Å². The molecule has 0 saturated heterocycles. The number of unbranched alkanes of at least 4 members (excludes halogenated alkanes) is 5. The molecule has 0 fully saturated rings. The van der Waals surface area contributed by atoms with Gasteiger partial charge in [0.1, 0.15) is 0 Å². The summed E-state index contributed by atoms with van der Waals surface area (Å²) in [6, 6.07) is 0. The van der Waals surface area contributed by atoms with Crippen molar-refractivity contribution in [2.75, 3.05) is 6.54 Å². The van der Waals surface area contributed by atoms with Crippen molar-refractivity contribution in [3.05, 3.63) is 0 Å². The van der Waals surface area contributed by atoms with E-state index >= 15 is 0 Å². The minimum atomic E-state index is 1.05. The van der Waals surface area contributed by atoms with E-state index in [1.807, 2.05) is 0 Å². The van der Waals surface area contributed by atoms with Gasteiger partial charge in [-0.1, -0.05) is 52.4 Å². The highest BCUT2D eigenvalue weighted by Crippen LogP contribution is 2.05. The first kappa shape index (κ1) is 13.7. The molecule has 0 spiro atoms. The molecule has 0 rings (SSSR count). The minimum Gasteiger partial charge on any atom is -0.294 e. The molecule has 1 heteroatoms. The third kappa shape index (κ3) is 9.76. The third-order valence-corrected chi connectivity index (χ3v) is 2.51. The van der Waals surface area contributed by atoms with Crippen molar-refractivity contribution in [3.63, 3.8) is 0 Å². The summed E-state index contributed by atoms with van der Waals surface area (Å²) in [6.07, 6.45) is 10.6. The van der Waals surface area contributed by atoms with Gasteiger partial charge in [-0.3, -0.25) is 4.99 Å². The molecule has 14 heavy (non-hydrogen) atoms. The first-order chi connectivity index (χ1) is 6.81. The number of hydrogen-bond donors (Lipinski definition) is 0. The summed E-state index contributed by atoms with van der Waals surface area (Å²) in [6.45, 7) is 7.68. The van der Waals surface area contributed by atoms with E-state index in [9.17, 15) is 0 Å². The van der Waals surface area contributed by atoms with E-state index in [-0.39, 0.29) is 0 Å². The Bertz CT molecular complexity index is 138. The summed E-state index contributed by atoms with van der Waals surface area (Å²) in [5.41, 5.74) is 1.33. The molecule has 0 aliphatic carbocycles. The van der Waals surface area contributed by atoms with E-state index < -0.39 is 0 Å². The second kappa shape index (κ2) is 10.7. The van der Waals surface area contributed by atoms with Crippen molar-refractivity contribution in [1.82, 2.24) is 0 Å². The van der Waals surface area contributed by atoms with E-state index in [0.717, 1.165) is 6.54 Å². The van der Waals surface area contributed by atoms with Gasteiger partial charge in [-0.25, -0.2) is 0 Å². The van der Waals surface area contributed by atoms with Crippen molar-refractivity contribution >= 4 is 5.71 Å². The lowest BCUT2D eigenvalue weighted by atomic mass is 10.1. The lowest BCUT2D eigenvalue weighted by Crippen LogP contribution is -1.92. The smallest absolute Gasteiger partial charge is 0.0388 e. The van der Waals surface area contributed by atoms with Crippen LogP contribution in [0.25, 0.3) is 0 Å². The average molecular weight is 197 g/mol. The Kier molecular flexibility index (Phi) is 10.5. The quantitative estimate of drug-likeness (QED) is 0.378. The van der Waals surface area contributed by atoms with Gasteiger partial charge in [0.05, 0.1) is 0 Å². The molecule has 0 N–H and O–H groups in total. The monoisotopic (exact) mass is 197 g/mol. The zero-order valence-electron chi connectivity index (χ0n) is 10.3. The molecule has 0 aliphatic rings. The van der Waals surface area contributed by atoms with Gasteiger partial charge < -0.3 is 0 Å². The number of aliphatic imine (C=N–C) groups is 1. The number of rotatable bonds is 9. The molecule has 0 aromatic rings. The largest absolute Gasteiger partial charge is 0.294 e. The van der Waals surface area contributed by atoms with E-state index in [4.69, 9.17) is 0 Å². The summed E-state index contributed by atoms with van der Waals surface area (Å²) < 4.78 is 0. The van der Waals surface area contributed by atoms with E-state index in [1.54, 1.807) is 0 Å². The van der Waals surface area contributed by atoms with Gasteiger partial charge >= 0.3 is 0 Å². The Balaban J connectivity index is 3.15. The Morgan fingerprint density at radius 3 is 2.14 bits per heavy atom. The van der Waals surface area contributed by atoms with Crippen molar-refractivity contribution < 1.29 is 0 Å². The van der Waals surface area contributed by atoms with Crippen molar-refractivity contribution in [2.24, 2.45) is 4.99 Å². The van der Waals surface area contributed by atoms with Crippen LogP contribution in [-0.2, 0) is 0 Å². The zero-order valence-corrected chi connectivity index (χ0v) is 10.3. The Hall–Kier alpha value is -0.330. The Labute approximate surface area is 90.0 Å². The SMILES string of the molecule is CCCCCCCCN=C(C)CCC. The lowest BCUT2D eigenvalue weighted by molar-refractivity contribution is 0.612. The molecule has 1 nitrogen and oxygen atoms in total. The first-order valence-electron chi connectivity index (χ1n) is 6.31. The topological polar surface area (TPSA) is 12.4 Å². The molecule has 84 valence electrons. The van der Waals surface area contributed by atoms with Crippen LogP contribution in [0.2, 0.25) is 0 Å². The molecule has 0 unspecified atom stereocenters. The van der Waals surface area contributed by atoms with Gasteiger partial charge in [0, 0.05) is 12.3 Å². The predicted molar refractivity (Wildman–Crippen MR) is 66.3 cm³/mol. The van der Waals surface area contributed by atoms with Crippen LogP contribution in [0.4, 0.5) is 0 Å². The summed E-state index contributed by atoms with van der Waals surface area (Å²) in [4.78, 5) is 4.55. The van der Waals surface area contributed by atoms with Crippen LogP contribution in [0.1, 0.15) is 72.1 Å². The van der Waals surface area contributed by atoms with Gasteiger partial charge in [-0.05, 0) is 19.8 Å². The van der Waals surface area contributed by atoms with Gasteiger partial charge in [-0.2, -0.15) is 0 Å². The Morgan fingerprint density at radius 2 is 1.50 bits per heavy atom. The second-order valence-electron chi connectivity index (χ2n) is 4.13. The summed E-state index contributed by atoms with van der Waals surface area (Å²) in [7, 11) is 0. The maximum absolute atomic E-state index is 4.55. The third-order valence-electron chi connectivity index (χ3n) is 2.51. The average Bonchev–Trinajstić information content (AvgIpc) is 2.17. The maximum atomic E-state index is 4.55. The minimum absolute atomic E-state index is 1.05. The maximum Gasteiger partial charge on any atom is 0.0388 e. The van der Waals surface area contributed by atoms with Gasteiger partial charge in [0.25, 0.3) is 0 Å². The van der Waals surface area contributed by atoms with Crippen molar-refractivity contribution in [2.45, 2.75) is 72.1 Å². The number of nitrogens with zero attached hydrogens (tertiary/aromatic N) is 1. The fourth-order valence-corrected chi connectivity index (χ4v) is 1.60. The van der Waals surface area contributed by atoms with Crippen LogP contribution in [0.3, 0.4) is 0 Å². The zero-order chi connectivity index (χ0) is 10.6. The van der Waals surface area contributed by atoms with Crippen LogP contribution in [-0.4, -0.2) is 12.3 Å². The van der Waals surface area contributed by atoms with Crippen LogP contribution < -0.4 is 0 Å². The van der Waals surface area contributed by atoms with Crippen LogP contribution in [0.5, 0.6) is 0 Å². The molecule has 0 aromatic carbocycles. The molecular weight excluding hydrogens is 170 g/mol. The van der Waals surface area contributed by atoms with Crippen molar-refractivity contribution in [3.8, 4) is 0 Å². The normalized spacial score (nSPS) is 12.1. The second-order valence-corrected chi connectivity index (χ2v) is 4.13. The van der Waals surface area contributed by atoms with Crippen LogP contribution in [0.15, 0.2) is 4.99 Å². The lowest BCUT2D eigenvalue weighted by Gasteiger charge is -1.99. The predicted octanol–water partition coefficient (Wildman–Crippen LogP) is 4.61. The molecule has 0 aromatic heterocycles. The molecule has 0 radical (unpaired) electrons. The van der Waals surface area contributed by atoms with Crippen LogP contribution >= 0.6 is 0 Å². The van der Waals surface area contributed by atoms with Gasteiger partial charge in [0.15, 0.2) is 0 Å². The highest BCUT2D eigenvalue weighted by Gasteiger charge is 1.90. The number of hydrogen-bond acceptors (Lipinski definition) is 1. The standard InChI is InChI=1S/C13H27N/c1-4-6-7-8-9-10-12-14-13(3)11-5-2/h4-12H2,1-3H3. The molecule has 0 atom stereocenters. The summed E-state index contributed by atoms with van der Waals surface area (Å²) >= 11 is 0.